The van der Waals surface area contributed by atoms with Gasteiger partial charge >= 0.3 is 0 Å². The lowest BCUT2D eigenvalue weighted by Crippen LogP contribution is -2.27. The minimum Gasteiger partial charge on any atom is -0.373 e. The maximum absolute atomic E-state index is 13.7. The number of hydrogen-bond acceptors (Lipinski definition) is 2. The molecule has 0 radical (unpaired) electrons. The summed E-state index contributed by atoms with van der Waals surface area (Å²) in [5.74, 6) is -0.174. The van der Waals surface area contributed by atoms with E-state index < -0.39 is 0 Å². The number of aryl methyl sites for hydroxylation is 1. The molecule has 1 aromatic carbocycles. The number of allylic oxidation sites excluding steroid dienone is 2. The predicted molar refractivity (Wildman–Crippen MR) is 94.8 cm³/mol. The van der Waals surface area contributed by atoms with Gasteiger partial charge in [-0.05, 0) is 36.6 Å². The topological polar surface area (TPSA) is 9.23 Å². The van der Waals surface area contributed by atoms with Crippen molar-refractivity contribution in [1.82, 2.24) is 0 Å². The molecular formula is C19H25FOS. The van der Waals surface area contributed by atoms with Crippen molar-refractivity contribution < 1.29 is 9.13 Å². The molecule has 22 heavy (non-hydrogen) atoms. The second-order valence-corrected chi connectivity index (χ2v) is 7.91. The van der Waals surface area contributed by atoms with Crippen LogP contribution >= 0.6 is 11.8 Å². The van der Waals surface area contributed by atoms with Gasteiger partial charge in [0.25, 0.3) is 0 Å². The number of thioether (sulfide) groups is 1. The van der Waals surface area contributed by atoms with Gasteiger partial charge in [-0.25, -0.2) is 4.39 Å². The maximum Gasteiger partial charge on any atom is 0.130 e. The third-order valence-electron chi connectivity index (χ3n) is 3.60. The van der Waals surface area contributed by atoms with Crippen molar-refractivity contribution in [3.8, 4) is 0 Å². The van der Waals surface area contributed by atoms with Crippen LogP contribution in [0.1, 0.15) is 37.8 Å². The standard InChI is InChI=1S/C19H25FOS/c1-14(2)22-18-11-10-17(21-13-18)7-5-4-6-16-9-8-15(3)12-19(16)20/h4-9,12,14,17-18H,10-11,13H2,1-3H3/b6-4+,7-5+. The first-order valence-corrected chi connectivity index (χ1v) is 8.87. The van der Waals surface area contributed by atoms with Crippen LogP contribution in [0.25, 0.3) is 6.08 Å². The number of halogens is 1. The SMILES string of the molecule is Cc1ccc(/C=C/C=C/C2CCC(SC(C)C)CO2)c(F)c1. The third-order valence-corrected chi connectivity index (χ3v) is 4.90. The van der Waals surface area contributed by atoms with Gasteiger partial charge in [-0.2, -0.15) is 11.8 Å². The van der Waals surface area contributed by atoms with Gasteiger partial charge in [0.05, 0.1) is 12.7 Å². The molecule has 0 aliphatic carbocycles. The lowest BCUT2D eigenvalue weighted by Gasteiger charge is -2.28. The van der Waals surface area contributed by atoms with Gasteiger partial charge in [0, 0.05) is 10.8 Å². The van der Waals surface area contributed by atoms with E-state index in [1.54, 1.807) is 18.2 Å². The first kappa shape index (κ1) is 17.3. The molecule has 1 aliphatic heterocycles. The number of ether oxygens (including phenoxy) is 1. The highest BCUT2D eigenvalue weighted by Gasteiger charge is 2.20. The van der Waals surface area contributed by atoms with Crippen molar-refractivity contribution in [1.29, 1.82) is 0 Å². The fraction of sp³-hybridized carbons (Fsp3) is 0.474. The average Bonchev–Trinajstić information content (AvgIpc) is 2.46. The lowest BCUT2D eigenvalue weighted by atomic mass is 10.1. The molecular weight excluding hydrogens is 295 g/mol. The molecule has 0 bridgehead atoms. The van der Waals surface area contributed by atoms with E-state index in [-0.39, 0.29) is 11.9 Å². The van der Waals surface area contributed by atoms with Crippen molar-refractivity contribution in [2.45, 2.75) is 50.2 Å². The predicted octanol–water partition coefficient (Wildman–Crippen LogP) is 5.39. The zero-order chi connectivity index (χ0) is 15.9. The van der Waals surface area contributed by atoms with Crippen molar-refractivity contribution in [2.75, 3.05) is 6.61 Å². The van der Waals surface area contributed by atoms with E-state index in [2.05, 4.69) is 19.9 Å². The first-order valence-electron chi connectivity index (χ1n) is 7.92. The van der Waals surface area contributed by atoms with E-state index in [1.807, 2.05) is 36.9 Å². The van der Waals surface area contributed by atoms with Crippen molar-refractivity contribution >= 4 is 17.8 Å². The Kier molecular flexibility index (Phi) is 6.71. The molecule has 2 atom stereocenters. The second-order valence-electron chi connectivity index (χ2n) is 6.02. The fourth-order valence-corrected chi connectivity index (χ4v) is 3.71. The van der Waals surface area contributed by atoms with Crippen LogP contribution in [0.4, 0.5) is 4.39 Å². The molecule has 3 heteroatoms. The van der Waals surface area contributed by atoms with Crippen LogP contribution in [-0.4, -0.2) is 23.2 Å². The molecule has 0 aromatic heterocycles. The monoisotopic (exact) mass is 320 g/mol. The highest BCUT2D eigenvalue weighted by atomic mass is 32.2. The van der Waals surface area contributed by atoms with E-state index in [0.717, 1.165) is 18.6 Å². The number of benzene rings is 1. The fourth-order valence-electron chi connectivity index (χ4n) is 2.51. The Labute approximate surface area is 137 Å². The van der Waals surface area contributed by atoms with Gasteiger partial charge < -0.3 is 4.74 Å². The van der Waals surface area contributed by atoms with Gasteiger partial charge in [0.1, 0.15) is 5.82 Å². The molecule has 1 heterocycles. The van der Waals surface area contributed by atoms with Crippen LogP contribution in [-0.2, 0) is 4.74 Å². The first-order chi connectivity index (χ1) is 10.5. The Hall–Kier alpha value is -1.06. The van der Waals surface area contributed by atoms with Gasteiger partial charge in [-0.15, -0.1) is 0 Å². The van der Waals surface area contributed by atoms with Crippen LogP contribution in [0.2, 0.25) is 0 Å². The Morgan fingerprint density at radius 3 is 2.73 bits per heavy atom. The summed E-state index contributed by atoms with van der Waals surface area (Å²) < 4.78 is 19.5. The Balaban J connectivity index is 1.80. The highest BCUT2D eigenvalue weighted by molar-refractivity contribution is 8.00. The van der Waals surface area contributed by atoms with Gasteiger partial charge in [-0.3, -0.25) is 0 Å². The van der Waals surface area contributed by atoms with E-state index in [1.165, 1.54) is 6.42 Å². The molecule has 1 saturated heterocycles. The number of hydrogen-bond donors (Lipinski definition) is 0. The van der Waals surface area contributed by atoms with Crippen molar-refractivity contribution in [3.63, 3.8) is 0 Å². The summed E-state index contributed by atoms with van der Waals surface area (Å²) in [6.07, 6.45) is 10.2. The Morgan fingerprint density at radius 2 is 2.09 bits per heavy atom. The highest BCUT2D eigenvalue weighted by Crippen LogP contribution is 2.27. The van der Waals surface area contributed by atoms with E-state index in [4.69, 9.17) is 4.74 Å². The molecule has 1 aromatic rings. The number of rotatable bonds is 5. The maximum atomic E-state index is 13.7. The van der Waals surface area contributed by atoms with Crippen molar-refractivity contribution in [2.24, 2.45) is 0 Å². The zero-order valence-electron chi connectivity index (χ0n) is 13.6. The molecule has 2 rings (SSSR count). The molecule has 2 unspecified atom stereocenters. The zero-order valence-corrected chi connectivity index (χ0v) is 14.4. The van der Waals surface area contributed by atoms with E-state index >= 15 is 0 Å². The summed E-state index contributed by atoms with van der Waals surface area (Å²) in [6.45, 7) is 7.17. The summed E-state index contributed by atoms with van der Waals surface area (Å²) >= 11 is 2.00. The minimum atomic E-state index is -0.174. The normalized spacial score (nSPS) is 23.0. The van der Waals surface area contributed by atoms with Crippen LogP contribution < -0.4 is 0 Å². The summed E-state index contributed by atoms with van der Waals surface area (Å²) in [6, 6.07) is 5.28. The van der Waals surface area contributed by atoms with Crippen LogP contribution in [0, 0.1) is 12.7 Å². The Morgan fingerprint density at radius 1 is 1.27 bits per heavy atom. The van der Waals surface area contributed by atoms with E-state index in [9.17, 15) is 4.39 Å². The van der Waals surface area contributed by atoms with Crippen molar-refractivity contribution in [3.05, 3.63) is 53.4 Å². The summed E-state index contributed by atoms with van der Waals surface area (Å²) in [5.41, 5.74) is 1.56. The van der Waals surface area contributed by atoms with Crippen LogP contribution in [0.15, 0.2) is 36.4 Å². The van der Waals surface area contributed by atoms with Gasteiger partial charge in [0.2, 0.25) is 0 Å². The summed E-state index contributed by atoms with van der Waals surface area (Å²) in [5, 5.41) is 1.29. The molecule has 0 N–H and O–H groups in total. The lowest BCUT2D eigenvalue weighted by molar-refractivity contribution is 0.0506. The average molecular weight is 320 g/mol. The molecule has 1 fully saturated rings. The molecule has 0 saturated carbocycles. The summed E-state index contributed by atoms with van der Waals surface area (Å²) in [7, 11) is 0. The quantitative estimate of drug-likeness (QED) is 0.672. The largest absolute Gasteiger partial charge is 0.373 e. The van der Waals surface area contributed by atoms with E-state index in [0.29, 0.717) is 16.1 Å². The van der Waals surface area contributed by atoms with Crippen LogP contribution in [0.5, 0.6) is 0 Å². The molecule has 0 amide bonds. The smallest absolute Gasteiger partial charge is 0.130 e. The minimum absolute atomic E-state index is 0.174. The molecule has 120 valence electrons. The van der Waals surface area contributed by atoms with Gasteiger partial charge in [0.15, 0.2) is 0 Å². The third kappa shape index (κ3) is 5.62. The molecule has 1 nitrogen and oxygen atoms in total. The van der Waals surface area contributed by atoms with Gasteiger partial charge in [-0.1, -0.05) is 50.3 Å². The molecule has 0 spiro atoms. The molecule has 1 aliphatic rings. The second kappa shape index (κ2) is 8.54. The van der Waals surface area contributed by atoms with Crippen LogP contribution in [0.3, 0.4) is 0 Å². The summed E-state index contributed by atoms with van der Waals surface area (Å²) in [4.78, 5) is 0. The Bertz CT molecular complexity index is 528.